The van der Waals surface area contributed by atoms with Gasteiger partial charge in [0.2, 0.25) is 0 Å². The van der Waals surface area contributed by atoms with Gasteiger partial charge in [-0.15, -0.1) is 0 Å². The minimum Gasteiger partial charge on any atom is -0.315 e. The van der Waals surface area contributed by atoms with Gasteiger partial charge in [0, 0.05) is 18.3 Å². The van der Waals surface area contributed by atoms with Gasteiger partial charge in [0.1, 0.15) is 11.0 Å². The normalized spacial score (nSPS) is 20.3. The van der Waals surface area contributed by atoms with E-state index < -0.39 is 0 Å². The molecular formula is C13H21ClN4. The van der Waals surface area contributed by atoms with Gasteiger partial charge < -0.3 is 5.32 Å². The van der Waals surface area contributed by atoms with Gasteiger partial charge in [0.25, 0.3) is 0 Å². The summed E-state index contributed by atoms with van der Waals surface area (Å²) >= 11 is 5.98. The highest BCUT2D eigenvalue weighted by molar-refractivity contribution is 6.29. The van der Waals surface area contributed by atoms with Crippen LogP contribution in [0.15, 0.2) is 6.07 Å². The van der Waals surface area contributed by atoms with Crippen molar-refractivity contribution in [1.82, 2.24) is 20.2 Å². The molecule has 18 heavy (non-hydrogen) atoms. The predicted molar refractivity (Wildman–Crippen MR) is 73.8 cm³/mol. The van der Waals surface area contributed by atoms with E-state index in [-0.39, 0.29) is 0 Å². The summed E-state index contributed by atoms with van der Waals surface area (Å²) in [6, 6.07) is 2.38. The first kappa shape index (κ1) is 13.7. The van der Waals surface area contributed by atoms with Crippen molar-refractivity contribution in [3.63, 3.8) is 0 Å². The summed E-state index contributed by atoms with van der Waals surface area (Å²) in [5, 5.41) is 3.99. The molecule has 1 atom stereocenters. The molecular weight excluding hydrogens is 248 g/mol. The molecule has 1 N–H and O–H groups in total. The Hall–Kier alpha value is -0.710. The highest BCUT2D eigenvalue weighted by atomic mass is 35.5. The second-order valence-corrected chi connectivity index (χ2v) is 5.20. The van der Waals surface area contributed by atoms with E-state index in [2.05, 4.69) is 27.1 Å². The molecule has 0 aliphatic carbocycles. The molecule has 1 aliphatic rings. The molecule has 4 nitrogen and oxygen atoms in total. The molecule has 2 rings (SSSR count). The number of nitrogens with zero attached hydrogens (tertiary/aromatic N) is 3. The molecule has 0 spiro atoms. The number of piperidine rings is 1. The molecule has 0 aromatic carbocycles. The van der Waals surface area contributed by atoms with Crippen LogP contribution < -0.4 is 5.32 Å². The Kier molecular flexibility index (Phi) is 4.92. The third kappa shape index (κ3) is 3.64. The highest BCUT2D eigenvalue weighted by Gasteiger charge is 2.20. The SMILES string of the molecule is CCN(Cc1nc(C)cc(Cl)n1)C1CCCNC1. The van der Waals surface area contributed by atoms with E-state index >= 15 is 0 Å². The first-order valence-electron chi connectivity index (χ1n) is 6.64. The molecule has 1 aliphatic heterocycles. The summed E-state index contributed by atoms with van der Waals surface area (Å²) in [5.41, 5.74) is 0.933. The van der Waals surface area contributed by atoms with Crippen LogP contribution in [0.25, 0.3) is 0 Å². The Bertz CT molecular complexity index is 370. The van der Waals surface area contributed by atoms with E-state index in [4.69, 9.17) is 11.6 Å². The number of aromatic nitrogens is 2. The predicted octanol–water partition coefficient (Wildman–Crippen LogP) is 2.01. The van der Waals surface area contributed by atoms with Gasteiger partial charge in [-0.2, -0.15) is 0 Å². The Balaban J connectivity index is 2.04. The lowest BCUT2D eigenvalue weighted by Gasteiger charge is -2.33. The molecule has 1 fully saturated rings. The van der Waals surface area contributed by atoms with E-state index in [9.17, 15) is 0 Å². The summed E-state index contributed by atoms with van der Waals surface area (Å²) in [5.74, 6) is 0.826. The summed E-state index contributed by atoms with van der Waals surface area (Å²) in [6.45, 7) is 8.14. The number of rotatable bonds is 4. The number of hydrogen-bond donors (Lipinski definition) is 1. The summed E-state index contributed by atoms with van der Waals surface area (Å²) in [7, 11) is 0. The topological polar surface area (TPSA) is 41.1 Å². The standard InChI is InChI=1S/C13H21ClN4/c1-3-18(11-5-4-6-15-8-11)9-13-16-10(2)7-12(14)17-13/h7,11,15H,3-6,8-9H2,1-2H3. The second-order valence-electron chi connectivity index (χ2n) is 4.81. The van der Waals surface area contributed by atoms with Crippen LogP contribution in [0.3, 0.4) is 0 Å². The maximum absolute atomic E-state index is 5.98. The van der Waals surface area contributed by atoms with Gasteiger partial charge >= 0.3 is 0 Å². The zero-order chi connectivity index (χ0) is 13.0. The Labute approximate surface area is 114 Å². The van der Waals surface area contributed by atoms with Crippen LogP contribution in [0.2, 0.25) is 5.15 Å². The fourth-order valence-electron chi connectivity index (χ4n) is 2.49. The quantitative estimate of drug-likeness (QED) is 0.849. The lowest BCUT2D eigenvalue weighted by Crippen LogP contribution is -2.45. The Morgan fingerprint density at radius 1 is 1.50 bits per heavy atom. The van der Waals surface area contributed by atoms with Gasteiger partial charge in [-0.05, 0) is 38.9 Å². The van der Waals surface area contributed by atoms with E-state index in [0.717, 1.165) is 37.7 Å². The van der Waals surface area contributed by atoms with Gasteiger partial charge in [-0.25, -0.2) is 9.97 Å². The first-order chi connectivity index (χ1) is 8.69. The van der Waals surface area contributed by atoms with E-state index in [0.29, 0.717) is 11.2 Å². The highest BCUT2D eigenvalue weighted by Crippen LogP contribution is 2.14. The van der Waals surface area contributed by atoms with Gasteiger partial charge in [0.05, 0.1) is 6.54 Å². The van der Waals surface area contributed by atoms with Crippen molar-refractivity contribution in [1.29, 1.82) is 0 Å². The van der Waals surface area contributed by atoms with Crippen molar-refractivity contribution in [3.8, 4) is 0 Å². The Morgan fingerprint density at radius 3 is 2.94 bits per heavy atom. The summed E-state index contributed by atoms with van der Waals surface area (Å²) in [4.78, 5) is 11.2. The fourth-order valence-corrected chi connectivity index (χ4v) is 2.74. The molecule has 100 valence electrons. The summed E-state index contributed by atoms with van der Waals surface area (Å²) < 4.78 is 0. The van der Waals surface area contributed by atoms with E-state index in [1.807, 2.05) is 6.92 Å². The van der Waals surface area contributed by atoms with Crippen molar-refractivity contribution in [2.75, 3.05) is 19.6 Å². The van der Waals surface area contributed by atoms with E-state index in [1.54, 1.807) is 6.07 Å². The van der Waals surface area contributed by atoms with Gasteiger partial charge in [0.15, 0.2) is 0 Å². The monoisotopic (exact) mass is 268 g/mol. The average Bonchev–Trinajstić information content (AvgIpc) is 2.36. The molecule has 0 amide bonds. The van der Waals surface area contributed by atoms with Gasteiger partial charge in [-0.3, -0.25) is 4.90 Å². The lowest BCUT2D eigenvalue weighted by molar-refractivity contribution is 0.162. The minimum atomic E-state index is 0.537. The van der Waals surface area contributed by atoms with Crippen LogP contribution in [0.1, 0.15) is 31.3 Å². The first-order valence-corrected chi connectivity index (χ1v) is 7.01. The van der Waals surface area contributed by atoms with Crippen LogP contribution in [0.5, 0.6) is 0 Å². The smallest absolute Gasteiger partial charge is 0.144 e. The Morgan fingerprint density at radius 2 is 2.33 bits per heavy atom. The van der Waals surface area contributed by atoms with Crippen LogP contribution >= 0.6 is 11.6 Å². The molecule has 1 aromatic rings. The van der Waals surface area contributed by atoms with Crippen molar-refractivity contribution >= 4 is 11.6 Å². The maximum atomic E-state index is 5.98. The van der Waals surface area contributed by atoms with Crippen molar-refractivity contribution in [2.45, 2.75) is 39.3 Å². The molecule has 5 heteroatoms. The van der Waals surface area contributed by atoms with E-state index in [1.165, 1.54) is 12.8 Å². The van der Waals surface area contributed by atoms with Crippen LogP contribution in [-0.2, 0) is 6.54 Å². The number of hydrogen-bond acceptors (Lipinski definition) is 4. The fraction of sp³-hybridized carbons (Fsp3) is 0.692. The van der Waals surface area contributed by atoms with Crippen LogP contribution in [-0.4, -0.2) is 40.5 Å². The average molecular weight is 269 g/mol. The largest absolute Gasteiger partial charge is 0.315 e. The minimum absolute atomic E-state index is 0.537. The molecule has 0 bridgehead atoms. The number of aryl methyl sites for hydroxylation is 1. The molecule has 1 aromatic heterocycles. The number of likely N-dealkylation sites (N-methyl/N-ethyl adjacent to an activating group) is 1. The number of halogens is 1. The maximum Gasteiger partial charge on any atom is 0.144 e. The van der Waals surface area contributed by atoms with Crippen molar-refractivity contribution in [2.24, 2.45) is 0 Å². The second kappa shape index (κ2) is 6.45. The zero-order valence-electron chi connectivity index (χ0n) is 11.1. The number of nitrogens with one attached hydrogen (secondary N) is 1. The molecule has 1 unspecified atom stereocenters. The van der Waals surface area contributed by atoms with Crippen molar-refractivity contribution < 1.29 is 0 Å². The lowest BCUT2D eigenvalue weighted by atomic mass is 10.1. The molecule has 1 saturated heterocycles. The molecule has 0 saturated carbocycles. The van der Waals surface area contributed by atoms with Gasteiger partial charge in [-0.1, -0.05) is 18.5 Å². The summed E-state index contributed by atoms with van der Waals surface area (Å²) in [6.07, 6.45) is 2.50. The van der Waals surface area contributed by atoms with Crippen LogP contribution in [0, 0.1) is 6.92 Å². The van der Waals surface area contributed by atoms with Crippen LogP contribution in [0.4, 0.5) is 0 Å². The third-order valence-electron chi connectivity index (χ3n) is 3.41. The van der Waals surface area contributed by atoms with Crippen molar-refractivity contribution in [3.05, 3.63) is 22.7 Å². The molecule has 0 radical (unpaired) electrons. The zero-order valence-corrected chi connectivity index (χ0v) is 11.9. The molecule has 2 heterocycles. The third-order valence-corrected chi connectivity index (χ3v) is 3.60.